The Hall–Kier alpha value is -1.81. The highest BCUT2D eigenvalue weighted by molar-refractivity contribution is 5.98. The molecule has 4 heteroatoms. The van der Waals surface area contributed by atoms with Crippen LogP contribution < -0.4 is 10.6 Å². The molecule has 3 N–H and O–H groups in total. The first-order chi connectivity index (χ1) is 9.31. The number of nitrogen functional groups attached to an aromatic ring is 1. The molecule has 0 amide bonds. The van der Waals surface area contributed by atoms with E-state index in [-0.39, 0.29) is 12.6 Å². The van der Waals surface area contributed by atoms with Crippen molar-refractivity contribution in [2.24, 2.45) is 0 Å². The molecule has 1 fully saturated rings. The minimum atomic E-state index is 0.201. The van der Waals surface area contributed by atoms with Crippen molar-refractivity contribution in [2.45, 2.75) is 25.3 Å². The number of benzene rings is 1. The smallest absolute Gasteiger partial charge is 0.0951 e. The summed E-state index contributed by atoms with van der Waals surface area (Å²) in [6, 6.07) is 8.12. The fraction of sp³-hybridized carbons (Fsp3) is 0.400. The van der Waals surface area contributed by atoms with Crippen LogP contribution in [0.3, 0.4) is 0 Å². The first-order valence-electron chi connectivity index (χ1n) is 6.82. The van der Waals surface area contributed by atoms with E-state index in [1.165, 1.54) is 12.8 Å². The second-order valence-electron chi connectivity index (χ2n) is 5.10. The Kier molecular flexibility index (Phi) is 3.25. The Morgan fingerprint density at radius 1 is 1.32 bits per heavy atom. The molecule has 2 heterocycles. The lowest BCUT2D eigenvalue weighted by Crippen LogP contribution is -2.42. The fourth-order valence-electron chi connectivity index (χ4n) is 2.94. The van der Waals surface area contributed by atoms with Gasteiger partial charge in [0, 0.05) is 23.8 Å². The number of nitrogens with zero attached hydrogens (tertiary/aromatic N) is 2. The van der Waals surface area contributed by atoms with E-state index >= 15 is 0 Å². The molecule has 2 aromatic rings. The quantitative estimate of drug-likeness (QED) is 0.809. The first kappa shape index (κ1) is 12.2. The number of fused-ring (bicyclic) bond motifs is 1. The standard InChI is InChI=1S/C15H19N3O/c16-13-6-3-5-12-14(7-8-17-15(12)13)18-9-2-1-4-11(18)10-19/h3,5-8,11,19H,1-2,4,9-10,16H2. The van der Waals surface area contributed by atoms with Crippen LogP contribution in [-0.2, 0) is 0 Å². The summed E-state index contributed by atoms with van der Waals surface area (Å²) in [6.07, 6.45) is 5.20. The molecule has 4 nitrogen and oxygen atoms in total. The van der Waals surface area contributed by atoms with E-state index in [4.69, 9.17) is 5.73 Å². The van der Waals surface area contributed by atoms with Gasteiger partial charge in [-0.1, -0.05) is 12.1 Å². The van der Waals surface area contributed by atoms with E-state index in [1.807, 2.05) is 18.2 Å². The van der Waals surface area contributed by atoms with Gasteiger partial charge in [0.25, 0.3) is 0 Å². The molecule has 0 spiro atoms. The second-order valence-corrected chi connectivity index (χ2v) is 5.10. The van der Waals surface area contributed by atoms with Crippen molar-refractivity contribution in [2.75, 3.05) is 23.8 Å². The summed E-state index contributed by atoms with van der Waals surface area (Å²) < 4.78 is 0. The molecule has 0 aliphatic carbocycles. The summed E-state index contributed by atoms with van der Waals surface area (Å²) >= 11 is 0. The maximum atomic E-state index is 9.57. The zero-order valence-corrected chi connectivity index (χ0v) is 10.9. The number of hydrogen-bond acceptors (Lipinski definition) is 4. The van der Waals surface area contributed by atoms with Gasteiger partial charge >= 0.3 is 0 Å². The summed E-state index contributed by atoms with van der Waals surface area (Å²) in [5.41, 5.74) is 8.68. The predicted molar refractivity (Wildman–Crippen MR) is 78.2 cm³/mol. The monoisotopic (exact) mass is 257 g/mol. The van der Waals surface area contributed by atoms with Crippen LogP contribution in [0.25, 0.3) is 10.9 Å². The number of pyridine rings is 1. The van der Waals surface area contributed by atoms with E-state index in [9.17, 15) is 5.11 Å². The van der Waals surface area contributed by atoms with Crippen molar-refractivity contribution < 1.29 is 5.11 Å². The van der Waals surface area contributed by atoms with Crippen molar-refractivity contribution in [3.63, 3.8) is 0 Å². The highest BCUT2D eigenvalue weighted by Crippen LogP contribution is 2.32. The van der Waals surface area contributed by atoms with Crippen molar-refractivity contribution in [3.8, 4) is 0 Å². The van der Waals surface area contributed by atoms with Gasteiger partial charge in [-0.3, -0.25) is 4.98 Å². The Labute approximate surface area is 112 Å². The minimum Gasteiger partial charge on any atom is -0.397 e. The van der Waals surface area contributed by atoms with Gasteiger partial charge in [-0.2, -0.15) is 0 Å². The lowest BCUT2D eigenvalue weighted by atomic mass is 10.0. The van der Waals surface area contributed by atoms with Gasteiger partial charge in [0.1, 0.15) is 0 Å². The molecule has 1 saturated heterocycles. The van der Waals surface area contributed by atoms with E-state index in [0.717, 1.165) is 29.6 Å². The molecule has 3 rings (SSSR count). The van der Waals surface area contributed by atoms with Gasteiger partial charge in [0.2, 0.25) is 0 Å². The minimum absolute atomic E-state index is 0.201. The third kappa shape index (κ3) is 2.12. The van der Waals surface area contributed by atoms with Gasteiger partial charge < -0.3 is 15.7 Å². The average molecular weight is 257 g/mol. The molecule has 0 radical (unpaired) electrons. The molecule has 1 aliphatic heterocycles. The van der Waals surface area contributed by atoms with Gasteiger partial charge in [-0.05, 0) is 31.4 Å². The highest BCUT2D eigenvalue weighted by atomic mass is 16.3. The molecule has 1 aromatic carbocycles. The molecular weight excluding hydrogens is 238 g/mol. The number of rotatable bonds is 2. The lowest BCUT2D eigenvalue weighted by molar-refractivity contribution is 0.240. The number of hydrogen-bond donors (Lipinski definition) is 2. The molecule has 100 valence electrons. The van der Waals surface area contributed by atoms with E-state index in [1.54, 1.807) is 6.20 Å². The van der Waals surface area contributed by atoms with Crippen molar-refractivity contribution in [1.29, 1.82) is 0 Å². The predicted octanol–water partition coefficient (Wildman–Crippen LogP) is 2.17. The highest BCUT2D eigenvalue weighted by Gasteiger charge is 2.23. The van der Waals surface area contributed by atoms with Crippen LogP contribution in [0.2, 0.25) is 0 Å². The van der Waals surface area contributed by atoms with Crippen LogP contribution in [-0.4, -0.2) is 29.3 Å². The van der Waals surface area contributed by atoms with Crippen molar-refractivity contribution in [3.05, 3.63) is 30.5 Å². The SMILES string of the molecule is Nc1cccc2c(N3CCCCC3CO)ccnc12. The van der Waals surface area contributed by atoms with Crippen LogP contribution in [0.4, 0.5) is 11.4 Å². The molecule has 0 saturated carbocycles. The summed E-state index contributed by atoms with van der Waals surface area (Å²) in [5.74, 6) is 0. The fourth-order valence-corrected chi connectivity index (χ4v) is 2.94. The van der Waals surface area contributed by atoms with Crippen LogP contribution in [0.1, 0.15) is 19.3 Å². The summed E-state index contributed by atoms with van der Waals surface area (Å²) in [4.78, 5) is 6.67. The number of para-hydroxylation sites is 1. The third-order valence-electron chi connectivity index (χ3n) is 3.93. The number of aliphatic hydroxyl groups excluding tert-OH is 1. The summed E-state index contributed by atoms with van der Waals surface area (Å²) in [7, 11) is 0. The zero-order chi connectivity index (χ0) is 13.2. The van der Waals surface area contributed by atoms with E-state index in [0.29, 0.717) is 5.69 Å². The molecule has 1 unspecified atom stereocenters. The molecule has 1 aromatic heterocycles. The van der Waals surface area contributed by atoms with E-state index < -0.39 is 0 Å². The van der Waals surface area contributed by atoms with Crippen molar-refractivity contribution >= 4 is 22.3 Å². The Balaban J connectivity index is 2.11. The number of nitrogens with two attached hydrogens (primary N) is 1. The molecule has 19 heavy (non-hydrogen) atoms. The van der Waals surface area contributed by atoms with Crippen molar-refractivity contribution in [1.82, 2.24) is 4.98 Å². The molecular formula is C15H19N3O. The van der Waals surface area contributed by atoms with Crippen LogP contribution in [0, 0.1) is 0 Å². The topological polar surface area (TPSA) is 62.4 Å². The molecule has 0 bridgehead atoms. The van der Waals surface area contributed by atoms with Crippen LogP contribution in [0.15, 0.2) is 30.5 Å². The van der Waals surface area contributed by atoms with Crippen LogP contribution >= 0.6 is 0 Å². The number of anilines is 2. The van der Waals surface area contributed by atoms with Crippen LogP contribution in [0.5, 0.6) is 0 Å². The molecule has 1 aliphatic rings. The third-order valence-corrected chi connectivity index (χ3v) is 3.93. The number of piperidine rings is 1. The largest absolute Gasteiger partial charge is 0.397 e. The maximum absolute atomic E-state index is 9.57. The van der Waals surface area contributed by atoms with Gasteiger partial charge in [-0.25, -0.2) is 0 Å². The lowest BCUT2D eigenvalue weighted by Gasteiger charge is -2.37. The molecule has 1 atom stereocenters. The van der Waals surface area contributed by atoms with Gasteiger partial charge in [0.05, 0.1) is 23.9 Å². The Morgan fingerprint density at radius 2 is 2.21 bits per heavy atom. The van der Waals surface area contributed by atoms with Gasteiger partial charge in [0.15, 0.2) is 0 Å². The average Bonchev–Trinajstić information content (AvgIpc) is 2.47. The maximum Gasteiger partial charge on any atom is 0.0951 e. The Morgan fingerprint density at radius 3 is 3.05 bits per heavy atom. The normalized spacial score (nSPS) is 19.8. The zero-order valence-electron chi connectivity index (χ0n) is 10.9. The first-order valence-corrected chi connectivity index (χ1v) is 6.82. The number of aromatic nitrogens is 1. The van der Waals surface area contributed by atoms with Gasteiger partial charge in [-0.15, -0.1) is 0 Å². The van der Waals surface area contributed by atoms with E-state index in [2.05, 4.69) is 16.0 Å². The summed E-state index contributed by atoms with van der Waals surface area (Å²) in [5, 5.41) is 10.6. The second kappa shape index (κ2) is 5.05. The Bertz CT molecular complexity index is 585. The number of aliphatic hydroxyl groups is 1. The summed E-state index contributed by atoms with van der Waals surface area (Å²) in [6.45, 7) is 1.19.